The smallest absolute Gasteiger partial charge is 0.0110 e. The van der Waals surface area contributed by atoms with Gasteiger partial charge in [0.05, 0.1) is 0 Å². The van der Waals surface area contributed by atoms with Crippen LogP contribution in [0.4, 0.5) is 0 Å². The summed E-state index contributed by atoms with van der Waals surface area (Å²) in [6.45, 7) is 4.54. The Balaban J connectivity index is 2.18. The molecule has 1 heteroatoms. The van der Waals surface area contributed by atoms with Crippen molar-refractivity contribution in [1.29, 1.82) is 0 Å². The molecule has 1 aliphatic heterocycles. The van der Waals surface area contributed by atoms with Gasteiger partial charge in [0.1, 0.15) is 0 Å². The van der Waals surface area contributed by atoms with E-state index in [9.17, 15) is 0 Å². The van der Waals surface area contributed by atoms with Crippen LogP contribution < -0.4 is 5.32 Å². The molecule has 0 bridgehead atoms. The molecule has 0 aromatic heterocycles. The van der Waals surface area contributed by atoms with Crippen molar-refractivity contribution in [2.24, 2.45) is 0 Å². The van der Waals surface area contributed by atoms with Crippen LogP contribution in [0.2, 0.25) is 0 Å². The fourth-order valence-electron chi connectivity index (χ4n) is 2.34. The van der Waals surface area contributed by atoms with Crippen LogP contribution in [0, 0.1) is 0 Å². The molecule has 0 unspecified atom stereocenters. The second-order valence-electron chi connectivity index (χ2n) is 4.11. The van der Waals surface area contributed by atoms with E-state index in [4.69, 9.17) is 0 Å². The monoisotopic (exact) mass is 175 g/mol. The van der Waals surface area contributed by atoms with E-state index in [2.05, 4.69) is 49.5 Å². The molecule has 3 atom stereocenters. The molecule has 1 N–H and O–H groups in total. The van der Waals surface area contributed by atoms with Gasteiger partial charge < -0.3 is 5.32 Å². The summed E-state index contributed by atoms with van der Waals surface area (Å²) >= 11 is 0. The Morgan fingerprint density at radius 3 is 2.38 bits per heavy atom. The first kappa shape index (κ1) is 8.76. The van der Waals surface area contributed by atoms with Crippen molar-refractivity contribution in [3.63, 3.8) is 0 Å². The van der Waals surface area contributed by atoms with Gasteiger partial charge in [-0.25, -0.2) is 0 Å². The summed E-state index contributed by atoms with van der Waals surface area (Å²) in [5.41, 5.74) is 1.48. The van der Waals surface area contributed by atoms with Gasteiger partial charge in [0.15, 0.2) is 0 Å². The Bertz CT molecular complexity index is 268. The number of benzene rings is 1. The highest BCUT2D eigenvalue weighted by Crippen LogP contribution is 2.30. The molecular formula is C12H17N. The first-order valence-electron chi connectivity index (χ1n) is 5.08. The van der Waals surface area contributed by atoms with E-state index >= 15 is 0 Å². The van der Waals surface area contributed by atoms with Crippen LogP contribution in [0.25, 0.3) is 0 Å². The molecule has 0 spiro atoms. The topological polar surface area (TPSA) is 12.0 Å². The molecule has 0 saturated carbocycles. The normalized spacial score (nSPS) is 33.5. The summed E-state index contributed by atoms with van der Waals surface area (Å²) in [6.07, 6.45) is 1.27. The van der Waals surface area contributed by atoms with Gasteiger partial charge in [0.2, 0.25) is 0 Å². The van der Waals surface area contributed by atoms with Crippen molar-refractivity contribution in [2.45, 2.75) is 38.3 Å². The molecule has 0 radical (unpaired) electrons. The second kappa shape index (κ2) is 3.51. The van der Waals surface area contributed by atoms with Gasteiger partial charge in [0.25, 0.3) is 0 Å². The third-order valence-corrected chi connectivity index (χ3v) is 2.99. The van der Waals surface area contributed by atoms with Crippen LogP contribution in [0.1, 0.15) is 31.7 Å². The molecule has 0 aliphatic carbocycles. The molecule has 1 saturated heterocycles. The minimum atomic E-state index is 0.623. The first-order chi connectivity index (χ1) is 6.27. The molecule has 1 fully saturated rings. The number of hydrogen-bond acceptors (Lipinski definition) is 1. The predicted molar refractivity (Wildman–Crippen MR) is 55.9 cm³/mol. The maximum Gasteiger partial charge on any atom is 0.0110 e. The fourth-order valence-corrected chi connectivity index (χ4v) is 2.34. The van der Waals surface area contributed by atoms with Crippen molar-refractivity contribution < 1.29 is 0 Å². The van der Waals surface area contributed by atoms with E-state index in [1.54, 1.807) is 0 Å². The lowest BCUT2D eigenvalue weighted by atomic mass is 9.92. The van der Waals surface area contributed by atoms with E-state index in [-0.39, 0.29) is 0 Å². The Kier molecular flexibility index (Phi) is 2.36. The standard InChI is InChI=1S/C12H17N/c1-9-8-12(10(2)13-9)11-6-4-3-5-7-11/h3-7,9-10,12-13H,8H2,1-2H3/t9-,10-,12-/m1/s1. The van der Waals surface area contributed by atoms with Gasteiger partial charge >= 0.3 is 0 Å². The zero-order valence-corrected chi connectivity index (χ0v) is 8.33. The number of rotatable bonds is 1. The Hall–Kier alpha value is -0.820. The van der Waals surface area contributed by atoms with Gasteiger partial charge in [0, 0.05) is 18.0 Å². The van der Waals surface area contributed by atoms with E-state index in [0.29, 0.717) is 18.0 Å². The van der Waals surface area contributed by atoms with Crippen LogP contribution >= 0.6 is 0 Å². The quantitative estimate of drug-likeness (QED) is 0.691. The first-order valence-corrected chi connectivity index (χ1v) is 5.08. The third kappa shape index (κ3) is 1.75. The van der Waals surface area contributed by atoms with E-state index in [0.717, 1.165) is 0 Å². The van der Waals surface area contributed by atoms with Crippen molar-refractivity contribution in [2.75, 3.05) is 0 Å². The fraction of sp³-hybridized carbons (Fsp3) is 0.500. The van der Waals surface area contributed by atoms with Gasteiger partial charge in [-0.05, 0) is 25.8 Å². The highest BCUT2D eigenvalue weighted by molar-refractivity contribution is 5.22. The molecular weight excluding hydrogens is 158 g/mol. The molecule has 70 valence electrons. The average Bonchev–Trinajstić information content (AvgIpc) is 2.47. The Morgan fingerprint density at radius 1 is 1.15 bits per heavy atom. The SMILES string of the molecule is C[C@@H]1C[C@@H](c2ccccc2)[C@@H](C)N1. The lowest BCUT2D eigenvalue weighted by Crippen LogP contribution is -2.26. The molecule has 1 heterocycles. The predicted octanol–water partition coefficient (Wildman–Crippen LogP) is 2.54. The molecule has 1 aromatic rings. The average molecular weight is 175 g/mol. The van der Waals surface area contributed by atoms with Crippen molar-refractivity contribution in [1.82, 2.24) is 5.32 Å². The van der Waals surface area contributed by atoms with Gasteiger partial charge in [-0.3, -0.25) is 0 Å². The summed E-state index contributed by atoms with van der Waals surface area (Å²) in [5.74, 6) is 0.705. The van der Waals surface area contributed by atoms with Gasteiger partial charge in [-0.15, -0.1) is 0 Å². The zero-order chi connectivity index (χ0) is 9.26. The number of nitrogens with one attached hydrogen (secondary N) is 1. The van der Waals surface area contributed by atoms with Gasteiger partial charge in [-0.1, -0.05) is 30.3 Å². The number of hydrogen-bond donors (Lipinski definition) is 1. The summed E-state index contributed by atoms with van der Waals surface area (Å²) in [6, 6.07) is 12.1. The summed E-state index contributed by atoms with van der Waals surface area (Å²) in [7, 11) is 0. The molecule has 1 aliphatic rings. The minimum Gasteiger partial charge on any atom is -0.311 e. The second-order valence-corrected chi connectivity index (χ2v) is 4.11. The van der Waals surface area contributed by atoms with Crippen molar-refractivity contribution in [3.8, 4) is 0 Å². The molecule has 1 aromatic carbocycles. The van der Waals surface area contributed by atoms with Crippen LogP contribution in [-0.2, 0) is 0 Å². The highest BCUT2D eigenvalue weighted by Gasteiger charge is 2.28. The van der Waals surface area contributed by atoms with Crippen LogP contribution in [0.15, 0.2) is 30.3 Å². The Labute approximate surface area is 80.2 Å². The summed E-state index contributed by atoms with van der Waals surface area (Å²) < 4.78 is 0. The van der Waals surface area contributed by atoms with Crippen molar-refractivity contribution >= 4 is 0 Å². The van der Waals surface area contributed by atoms with E-state index in [1.807, 2.05) is 0 Å². The minimum absolute atomic E-state index is 0.623. The molecule has 0 amide bonds. The lowest BCUT2D eigenvalue weighted by Gasteiger charge is -2.14. The molecule has 2 rings (SSSR count). The Morgan fingerprint density at radius 2 is 1.85 bits per heavy atom. The molecule has 13 heavy (non-hydrogen) atoms. The largest absolute Gasteiger partial charge is 0.311 e. The maximum atomic E-state index is 3.57. The van der Waals surface area contributed by atoms with E-state index < -0.39 is 0 Å². The third-order valence-electron chi connectivity index (χ3n) is 2.99. The highest BCUT2D eigenvalue weighted by atomic mass is 15.0. The van der Waals surface area contributed by atoms with Gasteiger partial charge in [-0.2, -0.15) is 0 Å². The summed E-state index contributed by atoms with van der Waals surface area (Å²) in [4.78, 5) is 0. The maximum absolute atomic E-state index is 3.57. The molecule has 1 nitrogen and oxygen atoms in total. The van der Waals surface area contributed by atoms with Crippen LogP contribution in [-0.4, -0.2) is 12.1 Å². The van der Waals surface area contributed by atoms with Crippen LogP contribution in [0.3, 0.4) is 0 Å². The zero-order valence-electron chi connectivity index (χ0n) is 8.33. The van der Waals surface area contributed by atoms with E-state index in [1.165, 1.54) is 12.0 Å². The van der Waals surface area contributed by atoms with Crippen molar-refractivity contribution in [3.05, 3.63) is 35.9 Å². The van der Waals surface area contributed by atoms with Crippen LogP contribution in [0.5, 0.6) is 0 Å². The lowest BCUT2D eigenvalue weighted by molar-refractivity contribution is 0.575. The summed E-state index contributed by atoms with van der Waals surface area (Å²) in [5, 5.41) is 3.57.